The molecule has 198 valence electrons. The van der Waals surface area contributed by atoms with Crippen LogP contribution >= 0.6 is 0 Å². The van der Waals surface area contributed by atoms with Crippen LogP contribution in [0.4, 0.5) is 0 Å². The topological polar surface area (TPSA) is 15.8 Å². The summed E-state index contributed by atoms with van der Waals surface area (Å²) in [5.74, 6) is 0. The maximum Gasteiger partial charge on any atom is 0.00841 e. The third kappa shape index (κ3) is 4.02. The van der Waals surface area contributed by atoms with Crippen molar-refractivity contribution in [1.29, 1.82) is 0 Å². The van der Waals surface area contributed by atoms with Gasteiger partial charge in [0.1, 0.15) is 0 Å². The van der Waals surface area contributed by atoms with Crippen LogP contribution in [0.15, 0.2) is 152 Å². The van der Waals surface area contributed by atoms with Crippen LogP contribution in [-0.4, -0.2) is 4.98 Å². The van der Waals surface area contributed by atoms with Gasteiger partial charge in [-0.3, -0.25) is 0 Å². The van der Waals surface area contributed by atoms with Crippen molar-refractivity contribution in [1.82, 2.24) is 4.98 Å². The van der Waals surface area contributed by atoms with Crippen LogP contribution in [0.2, 0.25) is 0 Å². The van der Waals surface area contributed by atoms with E-state index in [2.05, 4.69) is 151 Å². The number of aryl methyl sites for hydroxylation is 1. The van der Waals surface area contributed by atoms with Crippen molar-refractivity contribution in [2.24, 2.45) is 0 Å². The quantitative estimate of drug-likeness (QED) is 0.216. The predicted octanol–water partition coefficient (Wildman–Crippen LogP) is 11.5. The van der Waals surface area contributed by atoms with Crippen LogP contribution in [0.3, 0.4) is 0 Å². The lowest BCUT2D eigenvalue weighted by Crippen LogP contribution is -1.93. The Balaban J connectivity index is 1.31. The highest BCUT2D eigenvalue weighted by Gasteiger charge is 2.18. The fourth-order valence-corrected chi connectivity index (χ4v) is 6.56. The zero-order valence-electron chi connectivity index (χ0n) is 23.4. The van der Waals surface area contributed by atoms with Crippen molar-refractivity contribution in [2.75, 3.05) is 0 Å². The first-order chi connectivity index (χ1) is 20.7. The van der Waals surface area contributed by atoms with E-state index in [4.69, 9.17) is 0 Å². The van der Waals surface area contributed by atoms with Gasteiger partial charge in [-0.2, -0.15) is 0 Å². The first-order valence-corrected chi connectivity index (χ1v) is 14.5. The average molecular weight is 536 g/mol. The molecule has 0 aliphatic carbocycles. The average Bonchev–Trinajstić information content (AvgIpc) is 3.59. The van der Waals surface area contributed by atoms with Gasteiger partial charge in [-0.1, -0.05) is 127 Å². The fourth-order valence-electron chi connectivity index (χ4n) is 6.56. The third-order valence-corrected chi connectivity index (χ3v) is 8.61. The number of hydrogen-bond donors (Lipinski definition) is 1. The number of aromatic amines is 1. The van der Waals surface area contributed by atoms with Crippen molar-refractivity contribution in [3.05, 3.63) is 157 Å². The Bertz CT molecular complexity index is 2180. The van der Waals surface area contributed by atoms with E-state index in [-0.39, 0.29) is 0 Å². The number of benzene rings is 7. The number of hydrogen-bond acceptors (Lipinski definition) is 0. The van der Waals surface area contributed by atoms with E-state index in [1.165, 1.54) is 82.4 Å². The van der Waals surface area contributed by atoms with Crippen LogP contribution in [-0.2, 0) is 0 Å². The summed E-state index contributed by atoms with van der Waals surface area (Å²) in [5.41, 5.74) is 11.3. The minimum Gasteiger partial charge on any atom is -0.367 e. The summed E-state index contributed by atoms with van der Waals surface area (Å²) in [6.45, 7) is 2.24. The molecule has 1 heteroatoms. The number of fused-ring (bicyclic) bond motifs is 3. The summed E-state index contributed by atoms with van der Waals surface area (Å²) >= 11 is 0. The summed E-state index contributed by atoms with van der Waals surface area (Å²) in [6, 6.07) is 51.1. The Morgan fingerprint density at radius 3 is 1.57 bits per heavy atom. The number of nitrogens with one attached hydrogen (secondary N) is 1. The van der Waals surface area contributed by atoms with Crippen LogP contribution in [0.5, 0.6) is 0 Å². The molecular formula is C41H29N. The van der Waals surface area contributed by atoms with Crippen molar-refractivity contribution < 1.29 is 0 Å². The number of aromatic nitrogens is 1. The molecule has 0 aliphatic rings. The van der Waals surface area contributed by atoms with Gasteiger partial charge in [0.15, 0.2) is 0 Å². The number of H-pyrrole nitrogens is 1. The smallest absolute Gasteiger partial charge is 0.00841 e. The molecule has 1 aromatic heterocycles. The van der Waals surface area contributed by atoms with Gasteiger partial charge in [0, 0.05) is 12.4 Å². The van der Waals surface area contributed by atoms with Crippen molar-refractivity contribution in [2.45, 2.75) is 6.92 Å². The largest absolute Gasteiger partial charge is 0.367 e. The van der Waals surface area contributed by atoms with Gasteiger partial charge in [0.2, 0.25) is 0 Å². The molecule has 0 atom stereocenters. The molecule has 0 fully saturated rings. The molecule has 0 amide bonds. The first kappa shape index (κ1) is 24.4. The lowest BCUT2D eigenvalue weighted by molar-refractivity contribution is 1.41. The molecule has 1 N–H and O–H groups in total. The first-order valence-electron chi connectivity index (χ1n) is 14.5. The van der Waals surface area contributed by atoms with Crippen molar-refractivity contribution in [3.8, 4) is 44.5 Å². The summed E-state index contributed by atoms with van der Waals surface area (Å²) in [5, 5.41) is 7.66. The molecule has 1 heterocycles. The molecule has 8 rings (SSSR count). The maximum absolute atomic E-state index is 3.15. The normalized spacial score (nSPS) is 11.5. The van der Waals surface area contributed by atoms with Gasteiger partial charge in [-0.25, -0.2) is 0 Å². The Labute approximate surface area is 245 Å². The Hall–Kier alpha value is -5.40. The summed E-state index contributed by atoms with van der Waals surface area (Å²) < 4.78 is 0. The lowest BCUT2D eigenvalue weighted by atomic mass is 9.84. The highest BCUT2D eigenvalue weighted by Crippen LogP contribution is 2.45. The van der Waals surface area contributed by atoms with E-state index in [9.17, 15) is 0 Å². The van der Waals surface area contributed by atoms with E-state index in [1.807, 2.05) is 12.4 Å². The van der Waals surface area contributed by atoms with E-state index in [1.54, 1.807) is 0 Å². The summed E-state index contributed by atoms with van der Waals surface area (Å²) in [4.78, 5) is 3.15. The highest BCUT2D eigenvalue weighted by atomic mass is 14.6. The molecule has 8 aromatic rings. The second-order valence-electron chi connectivity index (χ2n) is 11.1. The highest BCUT2D eigenvalue weighted by molar-refractivity contribution is 6.22. The monoisotopic (exact) mass is 535 g/mol. The van der Waals surface area contributed by atoms with Gasteiger partial charge in [-0.15, -0.1) is 0 Å². The van der Waals surface area contributed by atoms with Crippen LogP contribution < -0.4 is 0 Å². The molecule has 0 unspecified atom stereocenters. The third-order valence-electron chi connectivity index (χ3n) is 8.61. The molecular weight excluding hydrogens is 506 g/mol. The lowest BCUT2D eigenvalue weighted by Gasteiger charge is -2.19. The predicted molar refractivity (Wildman–Crippen MR) is 180 cm³/mol. The van der Waals surface area contributed by atoms with E-state index in [0.29, 0.717) is 0 Å². The van der Waals surface area contributed by atoms with Gasteiger partial charge >= 0.3 is 0 Å². The second-order valence-corrected chi connectivity index (χ2v) is 11.1. The standard InChI is InChI=1S/C41H29N/c1-27-24-32(29-14-16-30(17-15-29)34-22-23-42-26-34)20-21-35(27)41-38-12-6-4-10-36(38)40(37-11-5-7-13-39(37)41)33-19-18-28-8-2-3-9-31(28)25-33/h2-26,42H,1H3. The molecule has 0 spiro atoms. The summed E-state index contributed by atoms with van der Waals surface area (Å²) in [6.07, 6.45) is 4.00. The van der Waals surface area contributed by atoms with Crippen LogP contribution in [0.1, 0.15) is 5.56 Å². The Kier molecular flexibility index (Phi) is 5.75. The van der Waals surface area contributed by atoms with Gasteiger partial charge in [-0.05, 0) is 101 Å². The SMILES string of the molecule is Cc1cc(-c2ccc(-c3cc[nH]c3)cc2)ccc1-c1c2ccccc2c(-c2ccc3ccccc3c2)c2ccccc12. The molecule has 0 bridgehead atoms. The molecule has 0 radical (unpaired) electrons. The Morgan fingerprint density at radius 2 is 0.952 bits per heavy atom. The van der Waals surface area contributed by atoms with E-state index in [0.717, 1.165) is 0 Å². The van der Waals surface area contributed by atoms with Crippen molar-refractivity contribution in [3.63, 3.8) is 0 Å². The molecule has 0 saturated heterocycles. The number of rotatable bonds is 4. The molecule has 0 saturated carbocycles. The van der Waals surface area contributed by atoms with Crippen molar-refractivity contribution >= 4 is 32.3 Å². The van der Waals surface area contributed by atoms with E-state index >= 15 is 0 Å². The van der Waals surface area contributed by atoms with Crippen LogP contribution in [0.25, 0.3) is 76.8 Å². The van der Waals surface area contributed by atoms with Gasteiger partial charge in [0.05, 0.1) is 0 Å². The van der Waals surface area contributed by atoms with Gasteiger partial charge in [0.25, 0.3) is 0 Å². The second kappa shape index (κ2) is 9.90. The summed E-state index contributed by atoms with van der Waals surface area (Å²) in [7, 11) is 0. The molecule has 0 aliphatic heterocycles. The van der Waals surface area contributed by atoms with Crippen LogP contribution in [0, 0.1) is 6.92 Å². The molecule has 42 heavy (non-hydrogen) atoms. The Morgan fingerprint density at radius 1 is 0.405 bits per heavy atom. The minimum absolute atomic E-state index is 1.21. The molecule has 1 nitrogen and oxygen atoms in total. The zero-order chi connectivity index (χ0) is 28.0. The maximum atomic E-state index is 3.15. The fraction of sp³-hybridized carbons (Fsp3) is 0.0244. The zero-order valence-corrected chi connectivity index (χ0v) is 23.4. The van der Waals surface area contributed by atoms with Gasteiger partial charge < -0.3 is 4.98 Å². The molecule has 7 aromatic carbocycles. The minimum atomic E-state index is 1.21. The van der Waals surface area contributed by atoms with E-state index < -0.39 is 0 Å².